The molecular weight excluding hydrogens is 1260 g/mol. The molecule has 0 fully saturated rings. The van der Waals surface area contributed by atoms with Crippen molar-refractivity contribution in [1.29, 1.82) is 0 Å². The van der Waals surface area contributed by atoms with E-state index < -0.39 is 140 Å². The second-order valence-corrected chi connectivity index (χ2v) is 25.3. The third kappa shape index (κ3) is 17.9. The average molecular weight is 1310 g/mol. The summed E-state index contributed by atoms with van der Waals surface area (Å²) in [6.07, 6.45) is -2.93. The monoisotopic (exact) mass is 1310 g/mol. The number of aromatic nitrogens is 6. The van der Waals surface area contributed by atoms with Gasteiger partial charge in [-0.15, -0.1) is 10.2 Å². The van der Waals surface area contributed by atoms with E-state index in [-0.39, 0.29) is 76.8 Å². The van der Waals surface area contributed by atoms with E-state index in [9.17, 15) is 83.8 Å². The van der Waals surface area contributed by atoms with Gasteiger partial charge in [0.15, 0.2) is 9.84 Å². The molecule has 0 radical (unpaired) electrons. The fourth-order valence-corrected chi connectivity index (χ4v) is 10.8. The van der Waals surface area contributed by atoms with Crippen LogP contribution in [-0.2, 0) is 55.1 Å². The van der Waals surface area contributed by atoms with E-state index in [4.69, 9.17) is 11.5 Å². The molecule has 0 saturated heterocycles. The number of hydrogen-bond donors (Lipinski definition) is 13. The van der Waals surface area contributed by atoms with Crippen LogP contribution in [0, 0.1) is 12.2 Å². The number of benzene rings is 5. The lowest BCUT2D eigenvalue weighted by molar-refractivity contribution is -0.217. The number of carbonyl (C=O) groups is 2. The van der Waals surface area contributed by atoms with Crippen LogP contribution in [0.3, 0.4) is 0 Å². The molecule has 460 valence electrons. The van der Waals surface area contributed by atoms with Crippen LogP contribution >= 0.6 is 0 Å². The van der Waals surface area contributed by atoms with Crippen molar-refractivity contribution in [2.75, 3.05) is 49.5 Å². The number of nitrogens with two attached hydrogens (primary N) is 2. The molecule has 0 bridgehead atoms. The van der Waals surface area contributed by atoms with Crippen molar-refractivity contribution in [3.05, 3.63) is 103 Å². The summed E-state index contributed by atoms with van der Waals surface area (Å²) in [7, 11) is -24.2. The molecule has 87 heavy (non-hydrogen) atoms. The van der Waals surface area contributed by atoms with Crippen LogP contribution in [0.5, 0.6) is 0 Å². The molecule has 15 N–H and O–H groups in total. The first-order chi connectivity index (χ1) is 40.5. The first kappa shape index (κ1) is 64.7. The van der Waals surface area contributed by atoms with Gasteiger partial charge < -0.3 is 53.8 Å². The predicted octanol–water partition coefficient (Wildman–Crippen LogP) is 4.11. The number of azo groups is 1. The number of amidine groups is 1. The Labute approximate surface area is 490 Å². The highest BCUT2D eigenvalue weighted by Gasteiger charge is 2.26. The highest BCUT2D eigenvalue weighted by molar-refractivity contribution is 7.94. The van der Waals surface area contributed by atoms with Gasteiger partial charge in [0.05, 0.1) is 39.4 Å². The molecule has 3 amide bonds. The summed E-state index contributed by atoms with van der Waals surface area (Å²) in [6, 6.07) is 9.60. The lowest BCUT2D eigenvalue weighted by Gasteiger charge is -2.17. The number of nitrogens with one attached hydrogen (secondary N) is 7. The van der Waals surface area contributed by atoms with Gasteiger partial charge >= 0.3 is 18.2 Å². The van der Waals surface area contributed by atoms with Gasteiger partial charge in [-0.3, -0.25) is 23.0 Å². The summed E-state index contributed by atoms with van der Waals surface area (Å²) in [5, 5.41) is 37.8. The van der Waals surface area contributed by atoms with Gasteiger partial charge in [0.1, 0.15) is 26.1 Å². The molecular formula is C45H43F2N18O17S5-. The standard InChI is InChI=1S/C45H44F2N18O17S5/c1-3-83(69,70)12-4-5-37(66)52-23-8-11-34(85(74,75)76)33(17-23)65-64-29-10-7-25(16-31(29)57-41(49)68)54-45-61-39(47)59-43(63-45)51-21(2)20-50-42-58-38(46)60-44(62-42)53-24-6-9-28(30(15-24)56-40(48)67)55-32-19-27-22(14-36(32)87(80,81)82)13-26(84(71,72)73)18-35(27)86(77,78)79/h3,6-11,13-19,21,55H,1,4-5,12,20H2,2H3,(H,52,66)(H3,48,56,67)(H3,49,57,68)(H,71,72,73)(H,74,75,76)(H,77,78,79)(H,80,81,82)(H2,50,53,58,60,62)(H2,51,54,59,61,63)/p-1. The number of nitrogens with zero attached hydrogens (tertiary/aromatic N) is 9. The maximum absolute atomic E-state index is 14.9. The van der Waals surface area contributed by atoms with Crippen molar-refractivity contribution in [2.24, 2.45) is 26.7 Å². The Morgan fingerprint density at radius 1 is 0.621 bits per heavy atom. The Bertz CT molecular complexity index is 4590. The molecule has 5 aromatic carbocycles. The highest BCUT2D eigenvalue weighted by atomic mass is 32.2. The van der Waals surface area contributed by atoms with E-state index in [0.29, 0.717) is 18.2 Å². The highest BCUT2D eigenvalue weighted by Crippen LogP contribution is 2.39. The Morgan fingerprint density at radius 3 is 1.80 bits per heavy atom. The first-order valence-electron chi connectivity index (χ1n) is 23.7. The number of anilines is 10. The smallest absolute Gasteiger partial charge is 0.316 e. The second kappa shape index (κ2) is 25.8. The number of hydrogen-bond acceptors (Lipinski definition) is 27. The van der Waals surface area contributed by atoms with Crippen molar-refractivity contribution in [1.82, 2.24) is 29.9 Å². The average Bonchev–Trinajstić information content (AvgIpc) is 0.832. The van der Waals surface area contributed by atoms with Crippen molar-refractivity contribution in [3.8, 4) is 0 Å². The van der Waals surface area contributed by atoms with E-state index in [2.05, 4.69) is 88.9 Å². The Balaban J connectivity index is 1.04. The predicted molar refractivity (Wildman–Crippen MR) is 304 cm³/mol. The SMILES string of the molecule is C=CS(=O)(=O)CCCC(=O)Nc1ccc(S(=O)(=O)O)c(N=Nc2ccc(Nc3nc(F)nc(NC(C)CNc4nc(F)nc(Nc5ccc(Nc6cc7c(S(=O)(=O)O)cc(S(=O)(=O)O)cc7cc6S(=O)(=O)O)c(N=C(N)[O-])c5)n4)n3)cc2NC(N)=O)c1. The molecule has 0 aliphatic carbocycles. The summed E-state index contributed by atoms with van der Waals surface area (Å²) < 4.78 is 191. The molecule has 0 spiro atoms. The van der Waals surface area contributed by atoms with Crippen LogP contribution in [0.25, 0.3) is 10.8 Å². The third-order valence-corrected chi connectivity index (χ3v) is 16.0. The summed E-state index contributed by atoms with van der Waals surface area (Å²) in [5.41, 5.74) is 8.63. The van der Waals surface area contributed by atoms with Gasteiger partial charge in [-0.05, 0) is 97.6 Å². The minimum absolute atomic E-state index is 0.0184. The zero-order chi connectivity index (χ0) is 64.0. The van der Waals surface area contributed by atoms with Gasteiger partial charge in [-0.2, -0.15) is 72.4 Å². The number of carbonyl (C=O) groups excluding carboxylic acids is 2. The van der Waals surface area contributed by atoms with E-state index in [0.717, 1.165) is 41.8 Å². The summed E-state index contributed by atoms with van der Waals surface area (Å²) in [6.45, 7) is 4.59. The zero-order valence-corrected chi connectivity index (χ0v) is 47.9. The molecule has 1 atom stereocenters. The van der Waals surface area contributed by atoms with Crippen molar-refractivity contribution in [2.45, 2.75) is 45.4 Å². The number of aliphatic imine (C=N–C) groups is 1. The number of fused-ring (bicyclic) bond motifs is 1. The molecule has 7 aromatic rings. The van der Waals surface area contributed by atoms with Gasteiger partial charge in [-0.1, -0.05) is 6.58 Å². The number of rotatable bonds is 25. The van der Waals surface area contributed by atoms with Crippen molar-refractivity contribution in [3.63, 3.8) is 0 Å². The zero-order valence-electron chi connectivity index (χ0n) is 43.8. The van der Waals surface area contributed by atoms with Gasteiger partial charge in [0.2, 0.25) is 29.7 Å². The molecule has 2 heterocycles. The lowest BCUT2D eigenvalue weighted by Crippen LogP contribution is -2.27. The molecule has 1 unspecified atom stereocenters. The maximum atomic E-state index is 14.9. The topological polar surface area (TPSA) is 559 Å². The fourth-order valence-electron chi connectivity index (χ4n) is 7.48. The minimum Gasteiger partial charge on any atom is -0.846 e. The van der Waals surface area contributed by atoms with Crippen LogP contribution < -0.4 is 53.8 Å². The Morgan fingerprint density at radius 2 is 1.20 bits per heavy atom. The number of urea groups is 1. The fraction of sp³-hybridized carbons (Fsp3) is 0.133. The van der Waals surface area contributed by atoms with E-state index in [1.807, 2.05) is 0 Å². The molecule has 0 saturated carbocycles. The van der Waals surface area contributed by atoms with Crippen LogP contribution in [0.1, 0.15) is 19.8 Å². The number of halogens is 2. The van der Waals surface area contributed by atoms with Crippen LogP contribution in [0.2, 0.25) is 0 Å². The van der Waals surface area contributed by atoms with Crippen molar-refractivity contribution >= 4 is 154 Å². The van der Waals surface area contributed by atoms with E-state index in [1.165, 1.54) is 24.3 Å². The van der Waals surface area contributed by atoms with Crippen molar-refractivity contribution < 1.29 is 83.8 Å². The summed E-state index contributed by atoms with van der Waals surface area (Å²) in [4.78, 5) is 46.9. The molecule has 35 nitrogen and oxygen atoms in total. The second-order valence-electron chi connectivity index (χ2n) is 17.7. The Kier molecular flexibility index (Phi) is 19.2. The van der Waals surface area contributed by atoms with Gasteiger partial charge in [0, 0.05) is 46.9 Å². The largest absolute Gasteiger partial charge is 0.846 e. The Hall–Kier alpha value is -9.82. The first-order valence-corrected chi connectivity index (χ1v) is 31.2. The summed E-state index contributed by atoms with van der Waals surface area (Å²) >= 11 is 0. The number of amides is 3. The van der Waals surface area contributed by atoms with Gasteiger partial charge in [-0.25, -0.2) is 18.2 Å². The number of sulfone groups is 1. The molecule has 2 aromatic heterocycles. The molecule has 42 heteroatoms. The number of primary amides is 1. The summed E-state index contributed by atoms with van der Waals surface area (Å²) in [5.74, 6) is -2.59. The van der Waals surface area contributed by atoms with Crippen LogP contribution in [0.15, 0.2) is 126 Å². The molecule has 0 aliphatic rings. The van der Waals surface area contributed by atoms with Crippen LogP contribution in [-0.4, -0.2) is 127 Å². The molecule has 0 aliphatic heterocycles. The van der Waals surface area contributed by atoms with E-state index in [1.54, 1.807) is 6.92 Å². The maximum Gasteiger partial charge on any atom is 0.316 e. The lowest BCUT2D eigenvalue weighted by atomic mass is 10.1. The van der Waals surface area contributed by atoms with Crippen LogP contribution in [0.4, 0.5) is 88.6 Å². The minimum atomic E-state index is -5.29. The van der Waals surface area contributed by atoms with E-state index >= 15 is 0 Å². The quantitative estimate of drug-likeness (QED) is 0.0166. The third-order valence-electron chi connectivity index (χ3n) is 11.1. The molecule has 7 rings (SSSR count). The van der Waals surface area contributed by atoms with Gasteiger partial charge in [0.25, 0.3) is 40.5 Å². The normalized spacial score (nSPS) is 12.7.